The van der Waals surface area contributed by atoms with Gasteiger partial charge in [-0.05, 0) is 31.2 Å². The molecule has 2 rings (SSSR count). The molecule has 1 saturated carbocycles. The van der Waals surface area contributed by atoms with Crippen LogP contribution in [0.15, 0.2) is 24.3 Å². The van der Waals surface area contributed by atoms with E-state index in [2.05, 4.69) is 0 Å². The Kier molecular flexibility index (Phi) is 3.20. The summed E-state index contributed by atoms with van der Waals surface area (Å²) in [6, 6.07) is 7.75. The maximum Gasteiger partial charge on any atom is 0.315 e. The van der Waals surface area contributed by atoms with Crippen molar-refractivity contribution in [2.24, 2.45) is 11.7 Å². The highest BCUT2D eigenvalue weighted by Gasteiger charge is 2.48. The minimum atomic E-state index is -0.885. The summed E-state index contributed by atoms with van der Waals surface area (Å²) in [5, 5.41) is 9.62. The molecule has 3 nitrogen and oxygen atoms in total. The first kappa shape index (κ1) is 12.1. The highest BCUT2D eigenvalue weighted by atomic mass is 16.4. The number of aliphatic carboxylic acids is 1. The molecule has 0 radical (unpaired) electrons. The smallest absolute Gasteiger partial charge is 0.315 e. The van der Waals surface area contributed by atoms with Crippen molar-refractivity contribution in [2.75, 3.05) is 6.54 Å². The lowest BCUT2D eigenvalue weighted by molar-refractivity contribution is -0.147. The Morgan fingerprint density at radius 1 is 1.53 bits per heavy atom. The molecule has 0 spiro atoms. The van der Waals surface area contributed by atoms with Gasteiger partial charge in [-0.25, -0.2) is 0 Å². The van der Waals surface area contributed by atoms with E-state index in [1.54, 1.807) is 0 Å². The van der Waals surface area contributed by atoms with E-state index in [-0.39, 0.29) is 12.5 Å². The van der Waals surface area contributed by atoms with Gasteiger partial charge in [-0.2, -0.15) is 0 Å². The van der Waals surface area contributed by atoms with Gasteiger partial charge >= 0.3 is 5.97 Å². The Morgan fingerprint density at radius 2 is 2.24 bits per heavy atom. The predicted molar refractivity (Wildman–Crippen MR) is 66.9 cm³/mol. The fourth-order valence-corrected chi connectivity index (χ4v) is 2.73. The number of nitrogens with two attached hydrogens (primary N) is 1. The average Bonchev–Trinajstić information content (AvgIpc) is 2.22. The molecule has 1 aromatic rings. The number of hydrogen-bond donors (Lipinski definition) is 2. The van der Waals surface area contributed by atoms with Crippen LogP contribution in [-0.2, 0) is 10.2 Å². The Labute approximate surface area is 102 Å². The second-order valence-corrected chi connectivity index (χ2v) is 4.98. The zero-order valence-corrected chi connectivity index (χ0v) is 10.1. The molecule has 1 unspecified atom stereocenters. The van der Waals surface area contributed by atoms with E-state index in [4.69, 9.17) is 5.73 Å². The van der Waals surface area contributed by atoms with Crippen LogP contribution in [0.25, 0.3) is 0 Å². The first-order valence-electron chi connectivity index (χ1n) is 6.12. The molecule has 0 aliphatic heterocycles. The van der Waals surface area contributed by atoms with Crippen molar-refractivity contribution >= 4 is 5.97 Å². The Hall–Kier alpha value is -1.35. The lowest BCUT2D eigenvalue weighted by Gasteiger charge is -2.42. The third-order valence-electron chi connectivity index (χ3n) is 4.04. The molecule has 1 aliphatic carbocycles. The van der Waals surface area contributed by atoms with Gasteiger partial charge in [0.1, 0.15) is 5.41 Å². The summed E-state index contributed by atoms with van der Waals surface area (Å²) in [5.74, 6) is -0.595. The second kappa shape index (κ2) is 4.49. The van der Waals surface area contributed by atoms with Crippen LogP contribution in [0.4, 0.5) is 0 Å². The number of carbonyl (C=O) groups is 1. The van der Waals surface area contributed by atoms with Crippen molar-refractivity contribution in [1.82, 2.24) is 0 Å². The molecule has 0 heterocycles. The third kappa shape index (κ3) is 1.84. The lowest BCUT2D eigenvalue weighted by atomic mass is 9.62. The third-order valence-corrected chi connectivity index (χ3v) is 4.04. The van der Waals surface area contributed by atoms with Crippen LogP contribution in [0.1, 0.15) is 30.4 Å². The van der Waals surface area contributed by atoms with Gasteiger partial charge in [0.15, 0.2) is 0 Å². The molecule has 3 N–H and O–H groups in total. The number of carboxylic acid groups (broad SMARTS) is 1. The van der Waals surface area contributed by atoms with Crippen molar-refractivity contribution in [3.8, 4) is 0 Å². The highest BCUT2D eigenvalue weighted by molar-refractivity contribution is 5.82. The summed E-state index contributed by atoms with van der Waals surface area (Å²) in [5.41, 5.74) is 6.88. The van der Waals surface area contributed by atoms with Crippen molar-refractivity contribution in [2.45, 2.75) is 31.6 Å². The quantitative estimate of drug-likeness (QED) is 0.836. The van der Waals surface area contributed by atoms with Crippen LogP contribution < -0.4 is 5.73 Å². The first-order chi connectivity index (χ1) is 8.11. The Balaban J connectivity index is 2.48. The van der Waals surface area contributed by atoms with Gasteiger partial charge in [0, 0.05) is 6.54 Å². The van der Waals surface area contributed by atoms with Crippen LogP contribution in [0.3, 0.4) is 0 Å². The monoisotopic (exact) mass is 233 g/mol. The van der Waals surface area contributed by atoms with E-state index in [1.807, 2.05) is 31.2 Å². The van der Waals surface area contributed by atoms with E-state index in [1.165, 1.54) is 0 Å². The molecule has 0 aromatic heterocycles. The molecule has 17 heavy (non-hydrogen) atoms. The zero-order valence-electron chi connectivity index (χ0n) is 10.1. The molecule has 92 valence electrons. The fourth-order valence-electron chi connectivity index (χ4n) is 2.73. The number of aryl methyl sites for hydroxylation is 1. The van der Waals surface area contributed by atoms with Gasteiger partial charge in [-0.3, -0.25) is 4.79 Å². The van der Waals surface area contributed by atoms with E-state index < -0.39 is 11.4 Å². The SMILES string of the molecule is Cc1cccc(C(CN)(C(=O)O)C2CCC2)c1. The summed E-state index contributed by atoms with van der Waals surface area (Å²) in [6.45, 7) is 2.16. The second-order valence-electron chi connectivity index (χ2n) is 4.98. The highest BCUT2D eigenvalue weighted by Crippen LogP contribution is 2.44. The summed E-state index contributed by atoms with van der Waals surface area (Å²) in [4.78, 5) is 11.7. The number of carboxylic acids is 1. The minimum absolute atomic E-state index is 0.177. The molecular formula is C14H19NO2. The largest absolute Gasteiger partial charge is 0.481 e. The molecule has 1 atom stereocenters. The van der Waals surface area contributed by atoms with E-state index >= 15 is 0 Å². The van der Waals surface area contributed by atoms with Crippen LogP contribution in [0, 0.1) is 12.8 Å². The lowest BCUT2D eigenvalue weighted by Crippen LogP contribution is -2.51. The van der Waals surface area contributed by atoms with Gasteiger partial charge in [0.2, 0.25) is 0 Å². The number of benzene rings is 1. The maximum atomic E-state index is 11.7. The molecule has 0 saturated heterocycles. The van der Waals surface area contributed by atoms with Gasteiger partial charge in [-0.15, -0.1) is 0 Å². The molecule has 3 heteroatoms. The van der Waals surface area contributed by atoms with Crippen LogP contribution in [0.5, 0.6) is 0 Å². The van der Waals surface area contributed by atoms with Crippen molar-refractivity contribution in [3.63, 3.8) is 0 Å². The molecule has 1 aromatic carbocycles. The molecular weight excluding hydrogens is 214 g/mol. The van der Waals surface area contributed by atoms with Crippen molar-refractivity contribution in [3.05, 3.63) is 35.4 Å². The average molecular weight is 233 g/mol. The van der Waals surface area contributed by atoms with Gasteiger partial charge in [0.25, 0.3) is 0 Å². The zero-order chi connectivity index (χ0) is 12.5. The fraction of sp³-hybridized carbons (Fsp3) is 0.500. The van der Waals surface area contributed by atoms with Crippen molar-refractivity contribution < 1.29 is 9.90 Å². The van der Waals surface area contributed by atoms with E-state index in [0.29, 0.717) is 0 Å². The number of rotatable bonds is 4. The molecule has 1 fully saturated rings. The van der Waals surface area contributed by atoms with Crippen molar-refractivity contribution in [1.29, 1.82) is 0 Å². The predicted octanol–water partition coefficient (Wildman–Crippen LogP) is 2.08. The van der Waals surface area contributed by atoms with Crippen LogP contribution in [0.2, 0.25) is 0 Å². The first-order valence-corrected chi connectivity index (χ1v) is 6.12. The topological polar surface area (TPSA) is 63.3 Å². The van der Waals surface area contributed by atoms with Gasteiger partial charge in [-0.1, -0.05) is 36.2 Å². The number of hydrogen-bond acceptors (Lipinski definition) is 2. The molecule has 1 aliphatic rings. The molecule has 0 amide bonds. The van der Waals surface area contributed by atoms with E-state index in [0.717, 1.165) is 30.4 Å². The summed E-state index contributed by atoms with van der Waals surface area (Å²) in [7, 11) is 0. The van der Waals surface area contributed by atoms with Gasteiger partial charge < -0.3 is 10.8 Å². The summed E-state index contributed by atoms with van der Waals surface area (Å²) < 4.78 is 0. The van der Waals surface area contributed by atoms with Gasteiger partial charge in [0.05, 0.1) is 0 Å². The van der Waals surface area contributed by atoms with E-state index in [9.17, 15) is 9.90 Å². The minimum Gasteiger partial charge on any atom is -0.481 e. The summed E-state index contributed by atoms with van der Waals surface area (Å²) in [6.07, 6.45) is 3.06. The van der Waals surface area contributed by atoms with Crippen LogP contribution >= 0.6 is 0 Å². The normalized spacial score (nSPS) is 19.4. The summed E-state index contributed by atoms with van der Waals surface area (Å²) >= 11 is 0. The molecule has 0 bridgehead atoms. The Morgan fingerprint density at radius 3 is 2.65 bits per heavy atom. The standard InChI is InChI=1S/C14H19NO2/c1-10-4-2-7-12(8-10)14(9-15,13(16)17)11-5-3-6-11/h2,4,7-8,11H,3,5-6,9,15H2,1H3,(H,16,17). The Bertz CT molecular complexity index is 426. The maximum absolute atomic E-state index is 11.7. The van der Waals surface area contributed by atoms with Crippen LogP contribution in [-0.4, -0.2) is 17.6 Å².